The van der Waals surface area contributed by atoms with Gasteiger partial charge in [0.05, 0.1) is 0 Å². The molecule has 1 aliphatic rings. The van der Waals surface area contributed by atoms with Crippen molar-refractivity contribution < 1.29 is 0 Å². The zero-order valence-electron chi connectivity index (χ0n) is 11.1. The maximum absolute atomic E-state index is 3.63. The lowest BCUT2D eigenvalue weighted by Crippen LogP contribution is -2.15. The first-order valence-corrected chi connectivity index (χ1v) is 6.72. The largest absolute Gasteiger partial charge is 0.385 e. The summed E-state index contributed by atoms with van der Waals surface area (Å²) < 4.78 is 0. The third-order valence-corrected chi connectivity index (χ3v) is 3.56. The van der Waals surface area contributed by atoms with Gasteiger partial charge in [0, 0.05) is 18.8 Å². The van der Waals surface area contributed by atoms with Crippen LogP contribution in [0.4, 0.5) is 5.69 Å². The second kappa shape index (κ2) is 6.06. The van der Waals surface area contributed by atoms with Crippen molar-refractivity contribution in [3.63, 3.8) is 0 Å². The zero-order chi connectivity index (χ0) is 12.1. The van der Waals surface area contributed by atoms with Gasteiger partial charge in [0.2, 0.25) is 0 Å². The number of benzene rings is 1. The highest BCUT2D eigenvalue weighted by atomic mass is 15.1. The summed E-state index contributed by atoms with van der Waals surface area (Å²) >= 11 is 0. The Bertz CT molecular complexity index is 341. The molecule has 2 heteroatoms. The lowest BCUT2D eigenvalue weighted by atomic mass is 10.1. The van der Waals surface area contributed by atoms with Crippen LogP contribution < -0.4 is 5.32 Å². The molecule has 2 rings (SSSR count). The smallest absolute Gasteiger partial charge is 0.0385 e. The minimum atomic E-state index is 0.891. The molecule has 1 aliphatic carbocycles. The van der Waals surface area contributed by atoms with Crippen molar-refractivity contribution in [2.75, 3.05) is 26.0 Å². The predicted octanol–water partition coefficient (Wildman–Crippen LogP) is 3.35. The first-order valence-electron chi connectivity index (χ1n) is 6.72. The molecule has 0 spiro atoms. The molecule has 1 N–H and O–H groups in total. The standard InChI is InChI=1S/C15H24N2/c1-17(2)12-14-9-5-6-10-15(14)16-11-13-7-3-4-8-13/h5-6,9-10,13,16H,3-4,7-8,11-12H2,1-2H3. The van der Waals surface area contributed by atoms with Crippen LogP contribution in [0.5, 0.6) is 0 Å². The molecule has 1 aromatic rings. The van der Waals surface area contributed by atoms with E-state index in [9.17, 15) is 0 Å². The molecule has 0 radical (unpaired) electrons. The van der Waals surface area contributed by atoms with Gasteiger partial charge in [0.25, 0.3) is 0 Å². The van der Waals surface area contributed by atoms with E-state index >= 15 is 0 Å². The summed E-state index contributed by atoms with van der Waals surface area (Å²) in [5.41, 5.74) is 2.71. The van der Waals surface area contributed by atoms with Crippen LogP contribution in [0.2, 0.25) is 0 Å². The molecule has 0 heterocycles. The second-order valence-electron chi connectivity index (χ2n) is 5.43. The van der Waals surface area contributed by atoms with Gasteiger partial charge in [-0.05, 0) is 44.5 Å². The lowest BCUT2D eigenvalue weighted by Gasteiger charge is -2.17. The Balaban J connectivity index is 1.94. The Morgan fingerprint density at radius 2 is 1.88 bits per heavy atom. The molecule has 94 valence electrons. The molecule has 0 saturated heterocycles. The van der Waals surface area contributed by atoms with Crippen LogP contribution in [0, 0.1) is 5.92 Å². The van der Waals surface area contributed by atoms with Gasteiger partial charge in [-0.15, -0.1) is 0 Å². The summed E-state index contributed by atoms with van der Waals surface area (Å²) in [5, 5.41) is 3.63. The van der Waals surface area contributed by atoms with Crippen LogP contribution in [-0.4, -0.2) is 25.5 Å². The summed E-state index contributed by atoms with van der Waals surface area (Å²) in [5.74, 6) is 0.891. The first-order chi connectivity index (χ1) is 8.25. The highest BCUT2D eigenvalue weighted by Crippen LogP contribution is 2.25. The lowest BCUT2D eigenvalue weighted by molar-refractivity contribution is 0.403. The van der Waals surface area contributed by atoms with E-state index in [1.54, 1.807) is 0 Å². The van der Waals surface area contributed by atoms with Gasteiger partial charge < -0.3 is 10.2 Å². The Morgan fingerprint density at radius 1 is 1.18 bits per heavy atom. The van der Waals surface area contributed by atoms with Crippen molar-refractivity contribution in [1.29, 1.82) is 0 Å². The summed E-state index contributed by atoms with van der Waals surface area (Å²) in [6, 6.07) is 8.67. The van der Waals surface area contributed by atoms with E-state index in [1.165, 1.54) is 36.9 Å². The molecule has 0 bridgehead atoms. The van der Waals surface area contributed by atoms with Crippen LogP contribution >= 0.6 is 0 Å². The van der Waals surface area contributed by atoms with Gasteiger partial charge in [0.15, 0.2) is 0 Å². The molecular weight excluding hydrogens is 208 g/mol. The van der Waals surface area contributed by atoms with Gasteiger partial charge in [-0.25, -0.2) is 0 Å². The summed E-state index contributed by atoms with van der Waals surface area (Å²) in [6.45, 7) is 2.15. The maximum atomic E-state index is 3.63. The molecule has 0 aromatic heterocycles. The van der Waals surface area contributed by atoms with Crippen LogP contribution in [0.3, 0.4) is 0 Å². The van der Waals surface area contributed by atoms with Gasteiger partial charge in [-0.1, -0.05) is 31.0 Å². The molecule has 0 aliphatic heterocycles. The van der Waals surface area contributed by atoms with Crippen molar-refractivity contribution in [3.05, 3.63) is 29.8 Å². The number of nitrogens with one attached hydrogen (secondary N) is 1. The molecule has 1 fully saturated rings. The number of nitrogens with zero attached hydrogens (tertiary/aromatic N) is 1. The fraction of sp³-hybridized carbons (Fsp3) is 0.600. The third-order valence-electron chi connectivity index (χ3n) is 3.56. The molecular formula is C15H24N2. The molecule has 1 aromatic carbocycles. The predicted molar refractivity (Wildman–Crippen MR) is 74.3 cm³/mol. The summed E-state index contributed by atoms with van der Waals surface area (Å²) in [6.07, 6.45) is 5.66. The normalized spacial score (nSPS) is 16.6. The van der Waals surface area contributed by atoms with Gasteiger partial charge >= 0.3 is 0 Å². The quantitative estimate of drug-likeness (QED) is 0.837. The number of rotatable bonds is 5. The van der Waals surface area contributed by atoms with E-state index < -0.39 is 0 Å². The monoisotopic (exact) mass is 232 g/mol. The zero-order valence-corrected chi connectivity index (χ0v) is 11.1. The summed E-state index contributed by atoms with van der Waals surface area (Å²) in [4.78, 5) is 2.22. The van der Waals surface area contributed by atoms with Crippen LogP contribution in [-0.2, 0) is 6.54 Å². The number of hydrogen-bond acceptors (Lipinski definition) is 2. The number of hydrogen-bond donors (Lipinski definition) is 1. The van der Waals surface area contributed by atoms with Crippen LogP contribution in [0.15, 0.2) is 24.3 Å². The average Bonchev–Trinajstić information content (AvgIpc) is 2.80. The SMILES string of the molecule is CN(C)Cc1ccccc1NCC1CCCC1. The van der Waals surface area contributed by atoms with E-state index in [4.69, 9.17) is 0 Å². The third kappa shape index (κ3) is 3.74. The topological polar surface area (TPSA) is 15.3 Å². The van der Waals surface area contributed by atoms with E-state index in [0.717, 1.165) is 19.0 Å². The second-order valence-corrected chi connectivity index (χ2v) is 5.43. The summed E-state index contributed by atoms with van der Waals surface area (Å²) in [7, 11) is 4.24. The Morgan fingerprint density at radius 3 is 2.59 bits per heavy atom. The van der Waals surface area contributed by atoms with E-state index in [0.29, 0.717) is 0 Å². The fourth-order valence-electron chi connectivity index (χ4n) is 2.64. The van der Waals surface area contributed by atoms with Gasteiger partial charge in [-0.2, -0.15) is 0 Å². The average molecular weight is 232 g/mol. The minimum absolute atomic E-state index is 0.891. The highest BCUT2D eigenvalue weighted by molar-refractivity contribution is 5.51. The van der Waals surface area contributed by atoms with E-state index in [2.05, 4.69) is 48.6 Å². The number of para-hydroxylation sites is 1. The minimum Gasteiger partial charge on any atom is -0.385 e. The van der Waals surface area contributed by atoms with E-state index in [1.807, 2.05) is 0 Å². The van der Waals surface area contributed by atoms with Crippen molar-refractivity contribution >= 4 is 5.69 Å². The Labute approximate surface area is 105 Å². The van der Waals surface area contributed by atoms with Gasteiger partial charge in [0.1, 0.15) is 0 Å². The van der Waals surface area contributed by atoms with Crippen molar-refractivity contribution in [1.82, 2.24) is 4.90 Å². The van der Waals surface area contributed by atoms with Crippen molar-refractivity contribution in [2.45, 2.75) is 32.2 Å². The van der Waals surface area contributed by atoms with Crippen LogP contribution in [0.1, 0.15) is 31.2 Å². The maximum Gasteiger partial charge on any atom is 0.0385 e. The highest BCUT2D eigenvalue weighted by Gasteiger charge is 2.14. The first kappa shape index (κ1) is 12.4. The Kier molecular flexibility index (Phi) is 4.43. The number of anilines is 1. The Hall–Kier alpha value is -1.02. The molecule has 0 unspecified atom stereocenters. The molecule has 17 heavy (non-hydrogen) atoms. The molecule has 0 atom stereocenters. The van der Waals surface area contributed by atoms with Crippen LogP contribution in [0.25, 0.3) is 0 Å². The molecule has 1 saturated carbocycles. The van der Waals surface area contributed by atoms with Crippen molar-refractivity contribution in [3.8, 4) is 0 Å². The van der Waals surface area contributed by atoms with Gasteiger partial charge in [-0.3, -0.25) is 0 Å². The van der Waals surface area contributed by atoms with E-state index in [-0.39, 0.29) is 0 Å². The molecule has 2 nitrogen and oxygen atoms in total. The fourth-order valence-corrected chi connectivity index (χ4v) is 2.64. The molecule has 0 amide bonds. The van der Waals surface area contributed by atoms with Crippen molar-refractivity contribution in [2.24, 2.45) is 5.92 Å².